The molecule has 28 heavy (non-hydrogen) atoms. The van der Waals surface area contributed by atoms with E-state index in [0.717, 1.165) is 48.5 Å². The molecule has 3 rings (SSSR count). The second kappa shape index (κ2) is 7.73. The van der Waals surface area contributed by atoms with Gasteiger partial charge in [0.25, 0.3) is 15.9 Å². The maximum atomic E-state index is 13.6. The van der Waals surface area contributed by atoms with E-state index in [9.17, 15) is 26.4 Å². The normalized spacial score (nSPS) is 11.1. The molecule has 5 nitrogen and oxygen atoms in total. The van der Waals surface area contributed by atoms with Gasteiger partial charge in [0.05, 0.1) is 10.5 Å². The first kappa shape index (κ1) is 19.4. The highest BCUT2D eigenvalue weighted by Gasteiger charge is 2.22. The largest absolute Gasteiger partial charge is 0.456 e. The monoisotopic (exact) mass is 407 g/mol. The van der Waals surface area contributed by atoms with Crippen LogP contribution in [-0.4, -0.2) is 14.3 Å². The van der Waals surface area contributed by atoms with Crippen molar-refractivity contribution in [3.05, 3.63) is 89.7 Å². The summed E-state index contributed by atoms with van der Waals surface area (Å²) in [7, 11) is -4.34. The second-order valence-electron chi connectivity index (χ2n) is 5.59. The van der Waals surface area contributed by atoms with Crippen LogP contribution in [0, 0.1) is 17.5 Å². The zero-order chi connectivity index (χ0) is 20.3. The van der Waals surface area contributed by atoms with Crippen molar-refractivity contribution in [2.24, 2.45) is 0 Å². The van der Waals surface area contributed by atoms with Crippen molar-refractivity contribution >= 4 is 15.9 Å². The minimum absolute atomic E-state index is 0.0297. The molecule has 0 saturated carbocycles. The predicted molar refractivity (Wildman–Crippen MR) is 93.9 cm³/mol. The number of amides is 1. The number of hydrogen-bond acceptors (Lipinski definition) is 4. The van der Waals surface area contributed by atoms with Gasteiger partial charge in [-0.05, 0) is 54.6 Å². The number of halogens is 3. The number of rotatable bonds is 5. The molecule has 0 aliphatic rings. The standard InChI is InChI=1S/C19H12F3NO4S/c20-12-4-7-16(8-5-12)28(25,26)23-19(24)17-11-14(22)6-9-18(17)27-15-3-1-2-13(21)10-15/h1-11H,(H,23,24). The van der Waals surface area contributed by atoms with Crippen LogP contribution in [0.4, 0.5) is 13.2 Å². The average Bonchev–Trinajstić information content (AvgIpc) is 2.63. The molecule has 9 heteroatoms. The summed E-state index contributed by atoms with van der Waals surface area (Å²) in [6.07, 6.45) is 0. The first-order valence-corrected chi connectivity index (χ1v) is 9.28. The van der Waals surface area contributed by atoms with Gasteiger partial charge in [-0.1, -0.05) is 6.07 Å². The van der Waals surface area contributed by atoms with Crippen LogP contribution in [-0.2, 0) is 10.0 Å². The first-order valence-electron chi connectivity index (χ1n) is 7.80. The minimum atomic E-state index is -4.34. The van der Waals surface area contributed by atoms with Gasteiger partial charge in [0.1, 0.15) is 29.0 Å². The fourth-order valence-electron chi connectivity index (χ4n) is 2.28. The third kappa shape index (κ3) is 4.49. The number of sulfonamides is 1. The van der Waals surface area contributed by atoms with Crippen molar-refractivity contribution in [3.8, 4) is 11.5 Å². The SMILES string of the molecule is O=C(NS(=O)(=O)c1ccc(F)cc1)c1cc(F)ccc1Oc1cccc(F)c1. The third-order valence-corrected chi connectivity index (χ3v) is 4.91. The number of carbonyl (C=O) groups excluding carboxylic acids is 1. The lowest BCUT2D eigenvalue weighted by Gasteiger charge is -2.12. The van der Waals surface area contributed by atoms with Crippen LogP contribution in [0.1, 0.15) is 10.4 Å². The third-order valence-electron chi connectivity index (χ3n) is 3.56. The molecule has 0 atom stereocenters. The van der Waals surface area contributed by atoms with Gasteiger partial charge in [-0.3, -0.25) is 4.79 Å². The van der Waals surface area contributed by atoms with E-state index in [4.69, 9.17) is 4.74 Å². The Morgan fingerprint density at radius 1 is 0.821 bits per heavy atom. The lowest BCUT2D eigenvalue weighted by Crippen LogP contribution is -2.31. The molecule has 0 unspecified atom stereocenters. The van der Waals surface area contributed by atoms with Crippen LogP contribution in [0.3, 0.4) is 0 Å². The van der Waals surface area contributed by atoms with Gasteiger partial charge in [-0.2, -0.15) is 0 Å². The van der Waals surface area contributed by atoms with Crippen molar-refractivity contribution in [2.45, 2.75) is 4.90 Å². The highest BCUT2D eigenvalue weighted by Crippen LogP contribution is 2.27. The van der Waals surface area contributed by atoms with E-state index in [-0.39, 0.29) is 16.4 Å². The Balaban J connectivity index is 1.90. The van der Waals surface area contributed by atoms with E-state index in [1.165, 1.54) is 18.2 Å². The molecule has 0 aliphatic heterocycles. The van der Waals surface area contributed by atoms with Crippen molar-refractivity contribution < 1.29 is 31.1 Å². The summed E-state index contributed by atoms with van der Waals surface area (Å²) in [6, 6.07) is 11.7. The zero-order valence-corrected chi connectivity index (χ0v) is 14.8. The Kier molecular flexibility index (Phi) is 5.36. The molecule has 0 radical (unpaired) electrons. The number of carbonyl (C=O) groups is 1. The summed E-state index contributed by atoms with van der Waals surface area (Å²) in [5.74, 6) is -3.38. The molecular weight excluding hydrogens is 395 g/mol. The van der Waals surface area contributed by atoms with Crippen LogP contribution in [0.15, 0.2) is 71.6 Å². The fourth-order valence-corrected chi connectivity index (χ4v) is 3.24. The maximum absolute atomic E-state index is 13.6. The topological polar surface area (TPSA) is 72.5 Å². The Morgan fingerprint density at radius 3 is 2.14 bits per heavy atom. The molecule has 3 aromatic rings. The van der Waals surface area contributed by atoms with Gasteiger partial charge < -0.3 is 4.74 Å². The van der Waals surface area contributed by atoms with Gasteiger partial charge in [0.15, 0.2) is 0 Å². The molecule has 3 aromatic carbocycles. The van der Waals surface area contributed by atoms with E-state index < -0.39 is 38.9 Å². The number of nitrogens with one attached hydrogen (secondary N) is 1. The molecular formula is C19H12F3NO4S. The predicted octanol–water partition coefficient (Wildman–Crippen LogP) is 4.01. The van der Waals surface area contributed by atoms with E-state index in [0.29, 0.717) is 0 Å². The van der Waals surface area contributed by atoms with Crippen molar-refractivity contribution in [1.29, 1.82) is 0 Å². The van der Waals surface area contributed by atoms with Gasteiger partial charge in [-0.15, -0.1) is 0 Å². The summed E-state index contributed by atoms with van der Waals surface area (Å²) in [5.41, 5.74) is -0.421. The Morgan fingerprint density at radius 2 is 1.46 bits per heavy atom. The molecule has 0 spiro atoms. The minimum Gasteiger partial charge on any atom is -0.456 e. The van der Waals surface area contributed by atoms with Crippen molar-refractivity contribution in [3.63, 3.8) is 0 Å². The molecule has 0 fully saturated rings. The number of ether oxygens (including phenoxy) is 1. The lowest BCUT2D eigenvalue weighted by molar-refractivity contribution is 0.0978. The molecule has 1 N–H and O–H groups in total. The molecule has 0 bridgehead atoms. The molecule has 1 amide bonds. The van der Waals surface area contributed by atoms with Crippen LogP contribution in [0.25, 0.3) is 0 Å². The van der Waals surface area contributed by atoms with Crippen LogP contribution < -0.4 is 9.46 Å². The smallest absolute Gasteiger partial charge is 0.268 e. The molecule has 144 valence electrons. The molecule has 0 aromatic heterocycles. The Labute approximate surface area is 158 Å². The van der Waals surface area contributed by atoms with Gasteiger partial charge >= 0.3 is 0 Å². The molecule has 0 saturated heterocycles. The summed E-state index contributed by atoms with van der Waals surface area (Å²) >= 11 is 0. The summed E-state index contributed by atoms with van der Waals surface area (Å²) in [4.78, 5) is 12.1. The molecule has 0 aliphatic carbocycles. The highest BCUT2D eigenvalue weighted by atomic mass is 32.2. The second-order valence-corrected chi connectivity index (χ2v) is 7.27. The Hall–Kier alpha value is -3.33. The molecule has 0 heterocycles. The van der Waals surface area contributed by atoms with Crippen LogP contribution in [0.2, 0.25) is 0 Å². The van der Waals surface area contributed by atoms with Crippen LogP contribution in [0.5, 0.6) is 11.5 Å². The van der Waals surface area contributed by atoms with Crippen LogP contribution >= 0.6 is 0 Å². The first-order chi connectivity index (χ1) is 13.2. The lowest BCUT2D eigenvalue weighted by atomic mass is 10.2. The average molecular weight is 407 g/mol. The quantitative estimate of drug-likeness (QED) is 0.694. The fraction of sp³-hybridized carbons (Fsp3) is 0. The number of benzene rings is 3. The van der Waals surface area contributed by atoms with Crippen molar-refractivity contribution in [2.75, 3.05) is 0 Å². The zero-order valence-electron chi connectivity index (χ0n) is 14.0. The summed E-state index contributed by atoms with van der Waals surface area (Å²) < 4.78 is 71.6. The van der Waals surface area contributed by atoms with E-state index >= 15 is 0 Å². The number of hydrogen-bond donors (Lipinski definition) is 1. The highest BCUT2D eigenvalue weighted by molar-refractivity contribution is 7.90. The van der Waals surface area contributed by atoms with E-state index in [2.05, 4.69) is 0 Å². The van der Waals surface area contributed by atoms with E-state index in [1.807, 2.05) is 0 Å². The Bertz CT molecular complexity index is 1130. The van der Waals surface area contributed by atoms with Crippen molar-refractivity contribution in [1.82, 2.24) is 4.72 Å². The summed E-state index contributed by atoms with van der Waals surface area (Å²) in [5, 5.41) is 0. The summed E-state index contributed by atoms with van der Waals surface area (Å²) in [6.45, 7) is 0. The van der Waals surface area contributed by atoms with Gasteiger partial charge in [0.2, 0.25) is 0 Å². The van der Waals surface area contributed by atoms with Gasteiger partial charge in [0, 0.05) is 6.07 Å². The van der Waals surface area contributed by atoms with Gasteiger partial charge in [-0.25, -0.2) is 26.3 Å². The maximum Gasteiger partial charge on any atom is 0.268 e. The van der Waals surface area contributed by atoms with E-state index in [1.54, 1.807) is 4.72 Å².